The minimum absolute atomic E-state index is 0.0927. The number of hydrogen-bond donors (Lipinski definition) is 1. The lowest BCUT2D eigenvalue weighted by molar-refractivity contribution is 0.321. The Balaban J connectivity index is 2.49. The van der Waals surface area contributed by atoms with E-state index >= 15 is 0 Å². The summed E-state index contributed by atoms with van der Waals surface area (Å²) in [5, 5.41) is 0. The van der Waals surface area contributed by atoms with Crippen LogP contribution < -0.4 is 4.72 Å². The van der Waals surface area contributed by atoms with E-state index in [1.54, 1.807) is 4.31 Å². The van der Waals surface area contributed by atoms with Crippen LogP contribution in [0, 0.1) is 5.41 Å². The van der Waals surface area contributed by atoms with Gasteiger partial charge in [-0.3, -0.25) is 0 Å². The van der Waals surface area contributed by atoms with Gasteiger partial charge in [-0.2, -0.15) is 12.7 Å². The molecule has 1 aliphatic rings. The van der Waals surface area contributed by atoms with Crippen LogP contribution in [0.5, 0.6) is 0 Å². The molecule has 17 heavy (non-hydrogen) atoms. The van der Waals surface area contributed by atoms with Crippen molar-refractivity contribution < 1.29 is 8.42 Å². The molecule has 0 saturated carbocycles. The number of nitrogens with zero attached hydrogens (tertiary/aromatic N) is 1. The maximum absolute atomic E-state index is 12.0. The predicted molar refractivity (Wildman–Crippen MR) is 71.5 cm³/mol. The van der Waals surface area contributed by atoms with Gasteiger partial charge in [0.25, 0.3) is 10.2 Å². The van der Waals surface area contributed by atoms with Crippen LogP contribution in [0.2, 0.25) is 0 Å². The Bertz CT molecular complexity index is 324. The highest BCUT2D eigenvalue weighted by atomic mass is 35.5. The SMILES string of the molecule is CC(C)(CCCl)CNS(=O)(=O)N1CCCCC1. The standard InChI is InChI=1S/C11H23ClN2O2S/c1-11(2,6-7-12)10-13-17(15,16)14-8-4-3-5-9-14/h13H,3-10H2,1-2H3. The highest BCUT2D eigenvalue weighted by Crippen LogP contribution is 2.20. The van der Waals surface area contributed by atoms with E-state index in [-0.39, 0.29) is 5.41 Å². The summed E-state index contributed by atoms with van der Waals surface area (Å²) < 4.78 is 28.3. The summed E-state index contributed by atoms with van der Waals surface area (Å²) in [5.74, 6) is 0.554. The monoisotopic (exact) mass is 282 g/mol. The predicted octanol–water partition coefficient (Wildman–Crippen LogP) is 1.96. The second-order valence-electron chi connectivity index (χ2n) is 5.39. The third kappa shape index (κ3) is 5.12. The molecule has 102 valence electrons. The molecule has 1 aliphatic heterocycles. The molecule has 0 aromatic rings. The molecule has 6 heteroatoms. The fraction of sp³-hybridized carbons (Fsp3) is 1.00. The minimum atomic E-state index is -3.29. The average Bonchev–Trinajstić information content (AvgIpc) is 2.28. The van der Waals surface area contributed by atoms with Crippen LogP contribution in [0.25, 0.3) is 0 Å². The van der Waals surface area contributed by atoms with Crippen molar-refractivity contribution in [2.45, 2.75) is 39.5 Å². The maximum Gasteiger partial charge on any atom is 0.279 e. The second kappa shape index (κ2) is 6.36. The molecule has 0 radical (unpaired) electrons. The fourth-order valence-corrected chi connectivity index (χ4v) is 3.83. The van der Waals surface area contributed by atoms with Crippen LogP contribution in [0.4, 0.5) is 0 Å². The highest BCUT2D eigenvalue weighted by molar-refractivity contribution is 7.87. The van der Waals surface area contributed by atoms with Gasteiger partial charge < -0.3 is 0 Å². The Morgan fingerprint density at radius 1 is 1.24 bits per heavy atom. The quantitative estimate of drug-likeness (QED) is 0.757. The van der Waals surface area contributed by atoms with E-state index in [0.29, 0.717) is 25.5 Å². The van der Waals surface area contributed by atoms with Gasteiger partial charge in [0.05, 0.1) is 0 Å². The first kappa shape index (κ1) is 15.2. The highest BCUT2D eigenvalue weighted by Gasteiger charge is 2.26. The van der Waals surface area contributed by atoms with Crippen molar-refractivity contribution in [3.63, 3.8) is 0 Å². The molecule has 0 aromatic carbocycles. The third-order valence-corrected chi connectivity index (χ3v) is 4.90. The number of halogens is 1. The van der Waals surface area contributed by atoms with Gasteiger partial charge in [-0.15, -0.1) is 11.6 Å². The molecule has 1 fully saturated rings. The van der Waals surface area contributed by atoms with Gasteiger partial charge in [0, 0.05) is 25.5 Å². The smallest absolute Gasteiger partial charge is 0.202 e. The molecule has 0 amide bonds. The summed E-state index contributed by atoms with van der Waals surface area (Å²) in [6.45, 7) is 5.78. The zero-order valence-electron chi connectivity index (χ0n) is 10.7. The van der Waals surface area contributed by atoms with E-state index < -0.39 is 10.2 Å². The van der Waals surface area contributed by atoms with E-state index in [1.165, 1.54) is 0 Å². The van der Waals surface area contributed by atoms with Gasteiger partial charge in [-0.1, -0.05) is 20.3 Å². The second-order valence-corrected chi connectivity index (χ2v) is 7.52. The lowest BCUT2D eigenvalue weighted by Crippen LogP contribution is -2.46. The van der Waals surface area contributed by atoms with Crippen LogP contribution in [-0.4, -0.2) is 38.2 Å². The largest absolute Gasteiger partial charge is 0.279 e. The fourth-order valence-electron chi connectivity index (χ4n) is 1.83. The van der Waals surface area contributed by atoms with Crippen molar-refractivity contribution in [2.24, 2.45) is 5.41 Å². The number of alkyl halides is 1. The number of piperidine rings is 1. The van der Waals surface area contributed by atoms with Crippen LogP contribution >= 0.6 is 11.6 Å². The van der Waals surface area contributed by atoms with Gasteiger partial charge in [0.2, 0.25) is 0 Å². The number of hydrogen-bond acceptors (Lipinski definition) is 2. The van der Waals surface area contributed by atoms with Crippen molar-refractivity contribution in [1.82, 2.24) is 9.03 Å². The van der Waals surface area contributed by atoms with Gasteiger partial charge >= 0.3 is 0 Å². The van der Waals surface area contributed by atoms with Crippen molar-refractivity contribution in [2.75, 3.05) is 25.5 Å². The Kier molecular flexibility index (Phi) is 5.70. The molecule has 0 unspecified atom stereocenters. The van der Waals surface area contributed by atoms with Crippen molar-refractivity contribution in [3.05, 3.63) is 0 Å². The molecule has 0 atom stereocenters. The summed E-state index contributed by atoms with van der Waals surface area (Å²) in [5.41, 5.74) is -0.0927. The molecular weight excluding hydrogens is 260 g/mol. The molecule has 0 aromatic heterocycles. The van der Waals surface area contributed by atoms with Gasteiger partial charge in [-0.05, 0) is 24.7 Å². The molecule has 4 nitrogen and oxygen atoms in total. The minimum Gasteiger partial charge on any atom is -0.202 e. The molecule has 1 N–H and O–H groups in total. The molecule has 1 saturated heterocycles. The lowest BCUT2D eigenvalue weighted by atomic mass is 9.91. The first-order valence-corrected chi connectivity index (χ1v) is 8.15. The zero-order valence-corrected chi connectivity index (χ0v) is 12.3. The maximum atomic E-state index is 12.0. The average molecular weight is 283 g/mol. The van der Waals surface area contributed by atoms with Gasteiger partial charge in [0.15, 0.2) is 0 Å². The van der Waals surface area contributed by atoms with Gasteiger partial charge in [-0.25, -0.2) is 4.72 Å². The number of rotatable bonds is 6. The Morgan fingerprint density at radius 3 is 2.35 bits per heavy atom. The summed E-state index contributed by atoms with van der Waals surface area (Å²) >= 11 is 5.70. The molecule has 0 bridgehead atoms. The Labute approximate surface area is 110 Å². The van der Waals surface area contributed by atoms with Crippen molar-refractivity contribution in [1.29, 1.82) is 0 Å². The first-order chi connectivity index (χ1) is 7.87. The van der Waals surface area contributed by atoms with Crippen LogP contribution in [-0.2, 0) is 10.2 Å². The summed E-state index contributed by atoms with van der Waals surface area (Å²) in [6, 6.07) is 0. The van der Waals surface area contributed by atoms with Crippen molar-refractivity contribution in [3.8, 4) is 0 Å². The van der Waals surface area contributed by atoms with E-state index in [4.69, 9.17) is 11.6 Å². The normalized spacial score (nSPS) is 19.5. The van der Waals surface area contributed by atoms with Crippen molar-refractivity contribution >= 4 is 21.8 Å². The molecule has 1 rings (SSSR count). The third-order valence-electron chi connectivity index (χ3n) is 3.16. The van der Waals surface area contributed by atoms with Crippen LogP contribution in [0.3, 0.4) is 0 Å². The van der Waals surface area contributed by atoms with E-state index in [1.807, 2.05) is 13.8 Å². The van der Waals surface area contributed by atoms with E-state index in [2.05, 4.69) is 4.72 Å². The van der Waals surface area contributed by atoms with Gasteiger partial charge in [0.1, 0.15) is 0 Å². The Hall–Kier alpha value is 0.160. The Morgan fingerprint density at radius 2 is 1.82 bits per heavy atom. The summed E-state index contributed by atoms with van der Waals surface area (Å²) in [4.78, 5) is 0. The summed E-state index contributed by atoms with van der Waals surface area (Å²) in [7, 11) is -3.29. The molecule has 0 aliphatic carbocycles. The molecule has 1 heterocycles. The van der Waals surface area contributed by atoms with E-state index in [0.717, 1.165) is 25.7 Å². The van der Waals surface area contributed by atoms with E-state index in [9.17, 15) is 8.42 Å². The number of nitrogens with one attached hydrogen (secondary N) is 1. The summed E-state index contributed by atoms with van der Waals surface area (Å²) in [6.07, 6.45) is 3.86. The molecule has 0 spiro atoms. The zero-order chi connectivity index (χ0) is 12.9. The first-order valence-electron chi connectivity index (χ1n) is 6.18. The molecular formula is C11H23ClN2O2S. The van der Waals surface area contributed by atoms with Crippen LogP contribution in [0.1, 0.15) is 39.5 Å². The van der Waals surface area contributed by atoms with Crippen LogP contribution in [0.15, 0.2) is 0 Å². The topological polar surface area (TPSA) is 49.4 Å². The lowest BCUT2D eigenvalue weighted by Gasteiger charge is -2.29.